The van der Waals surface area contributed by atoms with Gasteiger partial charge in [0.25, 0.3) is 0 Å². The number of fused-ring (bicyclic) bond motifs is 2. The fourth-order valence-electron chi connectivity index (χ4n) is 4.21. The van der Waals surface area contributed by atoms with E-state index >= 15 is 0 Å². The maximum atomic E-state index is 6.05. The summed E-state index contributed by atoms with van der Waals surface area (Å²) in [7, 11) is -1.13. The lowest BCUT2D eigenvalue weighted by atomic mass is 9.99. The average Bonchev–Trinajstić information content (AvgIpc) is 3.22. The molecule has 0 aliphatic rings. The molecule has 2 aromatic heterocycles. The quantitative estimate of drug-likeness (QED) is 0.169. The van der Waals surface area contributed by atoms with Crippen molar-refractivity contribution in [2.24, 2.45) is 0 Å². The van der Waals surface area contributed by atoms with Gasteiger partial charge in [-0.2, -0.15) is 5.10 Å². The van der Waals surface area contributed by atoms with E-state index < -0.39 is 8.07 Å². The number of rotatable bonds is 8. The number of pyridine rings is 1. The van der Waals surface area contributed by atoms with Crippen LogP contribution >= 0.6 is 0 Å². The van der Waals surface area contributed by atoms with Crippen molar-refractivity contribution in [1.82, 2.24) is 14.8 Å². The van der Waals surface area contributed by atoms with E-state index in [-0.39, 0.29) is 0 Å². The third kappa shape index (κ3) is 5.42. The van der Waals surface area contributed by atoms with Crippen molar-refractivity contribution in [3.05, 3.63) is 96.4 Å². The Kier molecular flexibility index (Phi) is 6.62. The summed E-state index contributed by atoms with van der Waals surface area (Å²) in [6.45, 7) is 8.34. The number of nitrogens with zero attached hydrogens (tertiary/aromatic N) is 3. The molecule has 0 saturated heterocycles. The van der Waals surface area contributed by atoms with Gasteiger partial charge in [-0.1, -0.05) is 86.4 Å². The Morgan fingerprint density at radius 3 is 2.49 bits per heavy atom. The monoisotopic (exact) mass is 477 g/mol. The van der Waals surface area contributed by atoms with Crippen LogP contribution in [0.5, 0.6) is 0 Å². The number of hydrogen-bond donors (Lipinski definition) is 0. The van der Waals surface area contributed by atoms with Crippen LogP contribution in [0.15, 0.2) is 85.2 Å². The van der Waals surface area contributed by atoms with Gasteiger partial charge >= 0.3 is 0 Å². The molecule has 3 aromatic carbocycles. The molecule has 4 nitrogen and oxygen atoms in total. The van der Waals surface area contributed by atoms with E-state index in [1.54, 1.807) is 0 Å². The molecule has 2 heterocycles. The van der Waals surface area contributed by atoms with Crippen molar-refractivity contribution in [2.45, 2.75) is 32.4 Å². The zero-order chi connectivity index (χ0) is 24.3. The Balaban J connectivity index is 1.54. The fraction of sp³-hybridized carbons (Fsp3) is 0.200. The van der Waals surface area contributed by atoms with Crippen LogP contribution in [-0.2, 0) is 11.5 Å². The van der Waals surface area contributed by atoms with Crippen LogP contribution in [0.2, 0.25) is 25.7 Å². The van der Waals surface area contributed by atoms with Gasteiger partial charge in [0.2, 0.25) is 0 Å². The van der Waals surface area contributed by atoms with Gasteiger partial charge in [0.15, 0.2) is 0 Å². The molecule has 0 unspecified atom stereocenters. The summed E-state index contributed by atoms with van der Waals surface area (Å²) in [5.74, 6) is 0. The third-order valence-corrected chi connectivity index (χ3v) is 7.91. The topological polar surface area (TPSA) is 39.9 Å². The van der Waals surface area contributed by atoms with E-state index in [0.717, 1.165) is 51.3 Å². The standard InChI is InChI=1S/C30H31N3OSi/c1-35(2,3)18-17-34-22-33-30-16-14-24(28-21-31-20-25-11-7-8-12-26(25)28)19-27(30)29(32-33)15-13-23-9-5-4-6-10-23/h4-16,19-21H,17-18,22H2,1-3H3. The van der Waals surface area contributed by atoms with Crippen molar-refractivity contribution >= 4 is 41.9 Å². The van der Waals surface area contributed by atoms with E-state index in [1.165, 1.54) is 5.39 Å². The normalized spacial score (nSPS) is 12.2. The van der Waals surface area contributed by atoms with Gasteiger partial charge in [-0.25, -0.2) is 4.68 Å². The summed E-state index contributed by atoms with van der Waals surface area (Å²) >= 11 is 0. The van der Waals surface area contributed by atoms with Crippen molar-refractivity contribution in [3.63, 3.8) is 0 Å². The maximum Gasteiger partial charge on any atom is 0.140 e. The van der Waals surface area contributed by atoms with E-state index in [0.29, 0.717) is 6.73 Å². The molecule has 0 radical (unpaired) electrons. The predicted octanol–water partition coefficient (Wildman–Crippen LogP) is 7.73. The van der Waals surface area contributed by atoms with E-state index in [2.05, 4.69) is 91.4 Å². The van der Waals surface area contributed by atoms with Crippen LogP contribution in [0.3, 0.4) is 0 Å². The summed E-state index contributed by atoms with van der Waals surface area (Å²) in [6, 6.07) is 26.4. The fourth-order valence-corrected chi connectivity index (χ4v) is 4.97. The number of benzene rings is 3. The minimum atomic E-state index is -1.13. The molecule has 0 saturated carbocycles. The summed E-state index contributed by atoms with van der Waals surface area (Å²) in [5.41, 5.74) is 5.42. The summed E-state index contributed by atoms with van der Waals surface area (Å²) in [6.07, 6.45) is 8.08. The second kappa shape index (κ2) is 9.98. The lowest BCUT2D eigenvalue weighted by Crippen LogP contribution is -2.22. The van der Waals surface area contributed by atoms with Crippen molar-refractivity contribution in [1.29, 1.82) is 0 Å². The second-order valence-electron chi connectivity index (χ2n) is 10.1. The van der Waals surface area contributed by atoms with Crippen LogP contribution in [-0.4, -0.2) is 29.4 Å². The van der Waals surface area contributed by atoms with Crippen molar-refractivity contribution < 1.29 is 4.74 Å². The first-order valence-electron chi connectivity index (χ1n) is 12.1. The van der Waals surface area contributed by atoms with Gasteiger partial charge in [-0.05, 0) is 40.8 Å². The second-order valence-corrected chi connectivity index (χ2v) is 15.7. The average molecular weight is 478 g/mol. The highest BCUT2D eigenvalue weighted by molar-refractivity contribution is 6.76. The summed E-state index contributed by atoms with van der Waals surface area (Å²) in [4.78, 5) is 4.49. The summed E-state index contributed by atoms with van der Waals surface area (Å²) in [5, 5.41) is 8.38. The van der Waals surface area contributed by atoms with Crippen LogP contribution in [0, 0.1) is 0 Å². The molecular weight excluding hydrogens is 446 g/mol. The van der Waals surface area contributed by atoms with Gasteiger partial charge in [0, 0.05) is 43.4 Å². The summed E-state index contributed by atoms with van der Waals surface area (Å²) < 4.78 is 8.04. The molecule has 35 heavy (non-hydrogen) atoms. The highest BCUT2D eigenvalue weighted by atomic mass is 28.3. The van der Waals surface area contributed by atoms with Gasteiger partial charge < -0.3 is 4.74 Å². The SMILES string of the molecule is C[Si](C)(C)CCOCn1nc(C=Cc2ccccc2)c2cc(-c3cncc4ccccc34)ccc21. The van der Waals surface area contributed by atoms with Gasteiger partial charge in [0.05, 0.1) is 11.2 Å². The van der Waals surface area contributed by atoms with Crippen LogP contribution in [0.25, 0.3) is 45.0 Å². The zero-order valence-corrected chi connectivity index (χ0v) is 21.6. The Bertz CT molecular complexity index is 1480. The first-order chi connectivity index (χ1) is 17.0. The molecule has 0 spiro atoms. The first kappa shape index (κ1) is 23.2. The molecule has 5 heteroatoms. The first-order valence-corrected chi connectivity index (χ1v) is 15.8. The van der Waals surface area contributed by atoms with E-state index in [1.807, 2.05) is 35.3 Å². The Morgan fingerprint density at radius 1 is 0.857 bits per heavy atom. The van der Waals surface area contributed by atoms with E-state index in [9.17, 15) is 0 Å². The van der Waals surface area contributed by atoms with Crippen LogP contribution in [0.1, 0.15) is 11.3 Å². The molecule has 0 N–H and O–H groups in total. The third-order valence-electron chi connectivity index (χ3n) is 6.20. The Labute approximate surface area is 207 Å². The highest BCUT2D eigenvalue weighted by Gasteiger charge is 2.14. The van der Waals surface area contributed by atoms with Crippen molar-refractivity contribution in [2.75, 3.05) is 6.61 Å². The maximum absolute atomic E-state index is 6.05. The largest absolute Gasteiger partial charge is 0.360 e. The van der Waals surface area contributed by atoms with Crippen LogP contribution < -0.4 is 0 Å². The van der Waals surface area contributed by atoms with Gasteiger partial charge in [0.1, 0.15) is 6.73 Å². The molecule has 0 atom stereocenters. The van der Waals surface area contributed by atoms with Crippen LogP contribution in [0.4, 0.5) is 0 Å². The van der Waals surface area contributed by atoms with Gasteiger partial charge in [-0.15, -0.1) is 0 Å². The molecular formula is C30H31N3OSi. The minimum Gasteiger partial charge on any atom is -0.360 e. The Morgan fingerprint density at radius 2 is 1.66 bits per heavy atom. The number of ether oxygens (including phenoxy) is 1. The molecule has 0 aliphatic heterocycles. The Hall–Kier alpha value is -3.54. The molecule has 0 fully saturated rings. The molecule has 0 aliphatic carbocycles. The number of hydrogen-bond acceptors (Lipinski definition) is 3. The van der Waals surface area contributed by atoms with E-state index in [4.69, 9.17) is 9.84 Å². The molecule has 5 aromatic rings. The van der Waals surface area contributed by atoms with Crippen molar-refractivity contribution in [3.8, 4) is 11.1 Å². The number of aromatic nitrogens is 3. The molecule has 5 rings (SSSR count). The van der Waals surface area contributed by atoms with Gasteiger partial charge in [-0.3, -0.25) is 4.98 Å². The molecule has 176 valence electrons. The predicted molar refractivity (Wildman–Crippen MR) is 150 cm³/mol. The smallest absolute Gasteiger partial charge is 0.140 e. The molecule has 0 amide bonds. The highest BCUT2D eigenvalue weighted by Crippen LogP contribution is 2.31. The zero-order valence-electron chi connectivity index (χ0n) is 20.6. The minimum absolute atomic E-state index is 0.454. The lowest BCUT2D eigenvalue weighted by Gasteiger charge is -2.15. The molecule has 0 bridgehead atoms. The lowest BCUT2D eigenvalue weighted by molar-refractivity contribution is 0.0816.